The van der Waals surface area contributed by atoms with Crippen molar-refractivity contribution >= 4 is 50.6 Å². The number of hydrogen-bond acceptors (Lipinski definition) is 3. The van der Waals surface area contributed by atoms with Crippen molar-refractivity contribution in [3.8, 4) is 0 Å². The van der Waals surface area contributed by atoms with Crippen molar-refractivity contribution in [1.82, 2.24) is 4.98 Å². The van der Waals surface area contributed by atoms with Crippen LogP contribution in [0.4, 0.5) is 5.82 Å². The molecule has 0 N–H and O–H groups in total. The zero-order valence-corrected chi connectivity index (χ0v) is 12.0. The van der Waals surface area contributed by atoms with E-state index < -0.39 is 0 Å². The lowest BCUT2D eigenvalue weighted by Gasteiger charge is -2.14. The van der Waals surface area contributed by atoms with Gasteiger partial charge in [0.15, 0.2) is 0 Å². The summed E-state index contributed by atoms with van der Waals surface area (Å²) in [6, 6.07) is 7.04. The van der Waals surface area contributed by atoms with Gasteiger partial charge >= 0.3 is 0 Å². The summed E-state index contributed by atoms with van der Waals surface area (Å²) in [5.74, 6) is 0.486. The number of thiophene rings is 1. The second kappa shape index (κ2) is 5.16. The molecule has 0 saturated heterocycles. The zero-order chi connectivity index (χ0) is 12.4. The summed E-state index contributed by atoms with van der Waals surface area (Å²) in [5, 5.41) is 0. The van der Waals surface area contributed by atoms with Gasteiger partial charge in [0.25, 0.3) is 5.91 Å². The van der Waals surface area contributed by atoms with Gasteiger partial charge in [0, 0.05) is 17.7 Å². The first-order valence-corrected chi connectivity index (χ1v) is 6.71. The number of nitrogens with zero attached hydrogens (tertiary/aromatic N) is 2. The van der Waals surface area contributed by atoms with E-state index in [-0.39, 0.29) is 5.91 Å². The monoisotopic (exact) mass is 330 g/mol. The van der Waals surface area contributed by atoms with Crippen molar-refractivity contribution in [2.45, 2.75) is 0 Å². The molecule has 0 saturated carbocycles. The van der Waals surface area contributed by atoms with E-state index in [2.05, 4.69) is 20.9 Å². The van der Waals surface area contributed by atoms with Crippen LogP contribution in [0.2, 0.25) is 4.34 Å². The number of aromatic nitrogens is 1. The normalized spacial score (nSPS) is 10.3. The summed E-state index contributed by atoms with van der Waals surface area (Å²) in [6.45, 7) is 0. The summed E-state index contributed by atoms with van der Waals surface area (Å²) in [4.78, 5) is 18.3. The van der Waals surface area contributed by atoms with Crippen LogP contribution in [0.15, 0.2) is 34.9 Å². The highest BCUT2D eigenvalue weighted by Crippen LogP contribution is 2.24. The van der Waals surface area contributed by atoms with Crippen LogP contribution < -0.4 is 4.90 Å². The highest BCUT2D eigenvalue weighted by Gasteiger charge is 2.16. The maximum Gasteiger partial charge on any atom is 0.269 e. The highest BCUT2D eigenvalue weighted by atomic mass is 79.9. The molecule has 0 atom stereocenters. The SMILES string of the molecule is CN(C(=O)c1ccc(Cl)s1)c1ccc(Br)cn1. The van der Waals surface area contributed by atoms with Crippen LogP contribution in [-0.4, -0.2) is 17.9 Å². The number of rotatable bonds is 2. The Bertz CT molecular complexity index is 541. The standard InChI is InChI=1S/C11H8BrClN2OS/c1-15(10-5-2-7(12)6-14-10)11(16)8-3-4-9(13)17-8/h2-6H,1H3. The number of carbonyl (C=O) groups is 1. The molecule has 0 aromatic carbocycles. The van der Waals surface area contributed by atoms with Crippen molar-refractivity contribution in [3.05, 3.63) is 44.1 Å². The molecular weight excluding hydrogens is 324 g/mol. The van der Waals surface area contributed by atoms with Crippen molar-refractivity contribution in [2.24, 2.45) is 0 Å². The first-order chi connectivity index (χ1) is 8.08. The quantitative estimate of drug-likeness (QED) is 0.838. The van der Waals surface area contributed by atoms with Crippen LogP contribution in [0, 0.1) is 0 Å². The highest BCUT2D eigenvalue weighted by molar-refractivity contribution is 9.10. The molecule has 0 aliphatic heterocycles. The van der Waals surface area contributed by atoms with E-state index in [4.69, 9.17) is 11.6 Å². The molecule has 0 fully saturated rings. The Morgan fingerprint density at radius 1 is 1.41 bits per heavy atom. The second-order valence-corrected chi connectivity index (χ2v) is 5.93. The van der Waals surface area contributed by atoms with Gasteiger partial charge in [-0.3, -0.25) is 9.69 Å². The van der Waals surface area contributed by atoms with E-state index >= 15 is 0 Å². The number of hydrogen-bond donors (Lipinski definition) is 0. The molecule has 0 radical (unpaired) electrons. The zero-order valence-electron chi connectivity index (χ0n) is 8.85. The third-order valence-corrected chi connectivity index (χ3v) is 3.83. The molecule has 0 aliphatic carbocycles. The first kappa shape index (κ1) is 12.5. The third kappa shape index (κ3) is 2.86. The molecule has 3 nitrogen and oxygen atoms in total. The number of carbonyl (C=O) groups excluding carboxylic acids is 1. The number of amides is 1. The van der Waals surface area contributed by atoms with E-state index in [0.717, 1.165) is 4.47 Å². The fourth-order valence-corrected chi connectivity index (χ4v) is 2.52. The van der Waals surface area contributed by atoms with Gasteiger partial charge in [-0.1, -0.05) is 11.6 Å². The molecule has 1 amide bonds. The van der Waals surface area contributed by atoms with Gasteiger partial charge in [-0.25, -0.2) is 4.98 Å². The van der Waals surface area contributed by atoms with Gasteiger partial charge in [0.1, 0.15) is 5.82 Å². The first-order valence-electron chi connectivity index (χ1n) is 4.73. The van der Waals surface area contributed by atoms with Crippen LogP contribution in [0.3, 0.4) is 0 Å². The van der Waals surface area contributed by atoms with Crippen LogP contribution in [0.5, 0.6) is 0 Å². The lowest BCUT2D eigenvalue weighted by atomic mass is 10.4. The maximum atomic E-state index is 12.1. The fraction of sp³-hybridized carbons (Fsp3) is 0.0909. The van der Waals surface area contributed by atoms with Gasteiger partial charge in [-0.2, -0.15) is 0 Å². The average Bonchev–Trinajstić information content (AvgIpc) is 2.75. The minimum Gasteiger partial charge on any atom is -0.295 e. The molecule has 17 heavy (non-hydrogen) atoms. The summed E-state index contributed by atoms with van der Waals surface area (Å²) < 4.78 is 1.48. The molecule has 2 rings (SSSR count). The van der Waals surface area contributed by atoms with Gasteiger partial charge < -0.3 is 0 Å². The Morgan fingerprint density at radius 2 is 2.18 bits per heavy atom. The van der Waals surface area contributed by atoms with Crippen LogP contribution in [0.25, 0.3) is 0 Å². The van der Waals surface area contributed by atoms with E-state index in [0.29, 0.717) is 15.0 Å². The van der Waals surface area contributed by atoms with Gasteiger partial charge in [-0.15, -0.1) is 11.3 Å². The average molecular weight is 332 g/mol. The van der Waals surface area contributed by atoms with Crippen LogP contribution in [-0.2, 0) is 0 Å². The van der Waals surface area contributed by atoms with Crippen LogP contribution >= 0.6 is 38.9 Å². The maximum absolute atomic E-state index is 12.1. The van der Waals surface area contributed by atoms with Crippen molar-refractivity contribution < 1.29 is 4.79 Å². The molecule has 0 spiro atoms. The summed E-state index contributed by atoms with van der Waals surface area (Å²) in [6.07, 6.45) is 1.65. The largest absolute Gasteiger partial charge is 0.295 e. The predicted molar refractivity (Wildman–Crippen MR) is 74.0 cm³/mol. The van der Waals surface area contributed by atoms with E-state index in [1.54, 1.807) is 31.4 Å². The smallest absolute Gasteiger partial charge is 0.269 e. The van der Waals surface area contributed by atoms with Gasteiger partial charge in [0.05, 0.1) is 9.21 Å². The second-order valence-electron chi connectivity index (χ2n) is 3.30. The van der Waals surface area contributed by atoms with Crippen molar-refractivity contribution in [3.63, 3.8) is 0 Å². The Morgan fingerprint density at radius 3 is 2.71 bits per heavy atom. The van der Waals surface area contributed by atoms with E-state index in [1.165, 1.54) is 16.2 Å². The molecule has 0 aliphatic rings. The molecule has 2 aromatic heterocycles. The molecule has 2 aromatic rings. The van der Waals surface area contributed by atoms with E-state index in [1.807, 2.05) is 6.07 Å². The summed E-state index contributed by atoms with van der Waals surface area (Å²) in [7, 11) is 1.69. The molecule has 6 heteroatoms. The molecule has 0 bridgehead atoms. The molecular formula is C11H8BrClN2OS. The number of halogens is 2. The van der Waals surface area contributed by atoms with Gasteiger partial charge in [-0.05, 0) is 40.2 Å². The Labute approximate surface area is 116 Å². The lowest BCUT2D eigenvalue weighted by Crippen LogP contribution is -2.26. The summed E-state index contributed by atoms with van der Waals surface area (Å²) in [5.41, 5.74) is 0. The number of anilines is 1. The molecule has 88 valence electrons. The molecule has 0 unspecified atom stereocenters. The minimum atomic E-state index is -0.114. The Hall–Kier alpha value is -0.910. The Kier molecular flexibility index (Phi) is 3.81. The molecule has 2 heterocycles. The Balaban J connectivity index is 2.23. The summed E-state index contributed by atoms with van der Waals surface area (Å²) >= 11 is 10.4. The van der Waals surface area contributed by atoms with Crippen LogP contribution in [0.1, 0.15) is 9.67 Å². The van der Waals surface area contributed by atoms with Crippen molar-refractivity contribution in [2.75, 3.05) is 11.9 Å². The minimum absolute atomic E-state index is 0.114. The topological polar surface area (TPSA) is 33.2 Å². The number of pyridine rings is 1. The lowest BCUT2D eigenvalue weighted by molar-refractivity contribution is 0.0996. The predicted octanol–water partition coefficient (Wildman–Crippen LogP) is 3.84. The van der Waals surface area contributed by atoms with Crippen molar-refractivity contribution in [1.29, 1.82) is 0 Å². The van der Waals surface area contributed by atoms with Gasteiger partial charge in [0.2, 0.25) is 0 Å². The fourth-order valence-electron chi connectivity index (χ4n) is 1.26. The van der Waals surface area contributed by atoms with E-state index in [9.17, 15) is 4.79 Å². The third-order valence-electron chi connectivity index (χ3n) is 2.14.